The molecule has 3 aromatic carbocycles. The normalized spacial score (nSPS) is 12.1. The van der Waals surface area contributed by atoms with Gasteiger partial charge >= 0.3 is 5.97 Å². The van der Waals surface area contributed by atoms with Crippen LogP contribution in [0.25, 0.3) is 33.5 Å². The van der Waals surface area contributed by atoms with E-state index in [4.69, 9.17) is 14.7 Å². The first-order valence-electron chi connectivity index (χ1n) is 10.0. The smallest absolute Gasteiger partial charge is 0.342 e. The van der Waals surface area contributed by atoms with E-state index in [0.717, 1.165) is 22.5 Å². The van der Waals surface area contributed by atoms with Gasteiger partial charge in [0.25, 0.3) is 0 Å². The number of hydrogen-bond donors (Lipinski definition) is 1. The Morgan fingerprint density at radius 3 is 2.03 bits per heavy atom. The lowest BCUT2D eigenvalue weighted by molar-refractivity contribution is -0.135. The zero-order chi connectivity index (χ0) is 22.5. The number of methoxy groups -OCH3 is 1. The van der Waals surface area contributed by atoms with Crippen molar-refractivity contribution >= 4 is 28.9 Å². The molecule has 0 saturated carbocycles. The highest BCUT2D eigenvalue weighted by Gasteiger charge is 2.15. The summed E-state index contributed by atoms with van der Waals surface area (Å²) in [6.07, 6.45) is 1.28. The highest BCUT2D eigenvalue weighted by atomic mass is 16.5. The van der Waals surface area contributed by atoms with Crippen molar-refractivity contribution in [3.05, 3.63) is 90.2 Å². The summed E-state index contributed by atoms with van der Waals surface area (Å²) in [5.74, 6) is -0.848. The number of aliphatic imine (C=N–C) groups is 1. The highest BCUT2D eigenvalue weighted by Crippen LogP contribution is 2.33. The standard InChI is InChI=1S/C26H21N3O3/c1-17(30)20(26(31)32-2)16-27-21-14-9-15-22-25(21)29-24(19-12-7-4-8-13-19)23(28-22)18-10-5-3-6-11-18/h3-16,30H,1-2H3/b20-17-,27-16?. The van der Waals surface area contributed by atoms with E-state index in [9.17, 15) is 9.90 Å². The van der Waals surface area contributed by atoms with Crippen molar-refractivity contribution < 1.29 is 14.6 Å². The minimum Gasteiger partial charge on any atom is -0.512 e. The number of carbonyl (C=O) groups excluding carboxylic acids is 1. The van der Waals surface area contributed by atoms with Crippen molar-refractivity contribution in [3.63, 3.8) is 0 Å². The first-order chi connectivity index (χ1) is 15.6. The lowest BCUT2D eigenvalue weighted by Gasteiger charge is -2.11. The number of hydrogen-bond acceptors (Lipinski definition) is 6. The van der Waals surface area contributed by atoms with Crippen molar-refractivity contribution in [2.75, 3.05) is 7.11 Å². The number of fused-ring (bicyclic) bond motifs is 1. The molecule has 0 aliphatic carbocycles. The van der Waals surface area contributed by atoms with Gasteiger partial charge in [-0.15, -0.1) is 0 Å². The van der Waals surface area contributed by atoms with E-state index in [-0.39, 0.29) is 11.3 Å². The van der Waals surface area contributed by atoms with Crippen molar-refractivity contribution in [2.24, 2.45) is 4.99 Å². The molecule has 4 aromatic rings. The van der Waals surface area contributed by atoms with Gasteiger partial charge in [-0.25, -0.2) is 14.8 Å². The van der Waals surface area contributed by atoms with Crippen LogP contribution in [0.1, 0.15) is 6.92 Å². The van der Waals surface area contributed by atoms with Gasteiger partial charge in [0.2, 0.25) is 0 Å². The number of aliphatic hydroxyl groups excluding tert-OH is 1. The lowest BCUT2D eigenvalue weighted by Crippen LogP contribution is -2.08. The summed E-state index contributed by atoms with van der Waals surface area (Å²) in [5.41, 5.74) is 5.14. The van der Waals surface area contributed by atoms with Crippen molar-refractivity contribution in [1.82, 2.24) is 9.97 Å². The van der Waals surface area contributed by atoms with Gasteiger partial charge in [0.15, 0.2) is 0 Å². The molecule has 4 rings (SSSR count). The molecule has 32 heavy (non-hydrogen) atoms. The molecular formula is C26H21N3O3. The fourth-order valence-electron chi connectivity index (χ4n) is 3.30. The Labute approximate surface area is 185 Å². The lowest BCUT2D eigenvalue weighted by atomic mass is 10.0. The summed E-state index contributed by atoms with van der Waals surface area (Å²) in [4.78, 5) is 26.2. The maximum absolute atomic E-state index is 11.9. The minimum absolute atomic E-state index is 0.0262. The van der Waals surface area contributed by atoms with Crippen LogP contribution in [-0.4, -0.2) is 34.4 Å². The van der Waals surface area contributed by atoms with E-state index in [1.54, 1.807) is 6.07 Å². The van der Waals surface area contributed by atoms with Crippen LogP contribution in [0.2, 0.25) is 0 Å². The number of benzene rings is 3. The largest absolute Gasteiger partial charge is 0.512 e. The molecule has 1 heterocycles. The van der Waals surface area contributed by atoms with Crippen molar-refractivity contribution in [2.45, 2.75) is 6.92 Å². The van der Waals surface area contributed by atoms with Crippen LogP contribution in [0.15, 0.2) is 95.2 Å². The molecule has 0 saturated heterocycles. The number of ether oxygens (including phenoxy) is 1. The Kier molecular flexibility index (Phi) is 6.03. The Balaban J connectivity index is 1.92. The van der Waals surface area contributed by atoms with Crippen LogP contribution in [-0.2, 0) is 9.53 Å². The number of carbonyl (C=O) groups is 1. The summed E-state index contributed by atoms with van der Waals surface area (Å²) in [5, 5.41) is 9.82. The topological polar surface area (TPSA) is 84.7 Å². The molecule has 1 aromatic heterocycles. The number of esters is 1. The zero-order valence-electron chi connectivity index (χ0n) is 17.7. The second-order valence-corrected chi connectivity index (χ2v) is 7.05. The third kappa shape index (κ3) is 4.25. The van der Waals surface area contributed by atoms with Crippen LogP contribution in [0.3, 0.4) is 0 Å². The van der Waals surface area contributed by atoms with E-state index in [1.807, 2.05) is 72.8 Å². The van der Waals surface area contributed by atoms with Gasteiger partial charge in [-0.2, -0.15) is 0 Å². The Bertz CT molecular complexity index is 1330. The number of allylic oxidation sites excluding steroid dienone is 1. The van der Waals surface area contributed by atoms with Crippen LogP contribution < -0.4 is 0 Å². The first kappa shape index (κ1) is 20.9. The molecule has 0 aliphatic rings. The fraction of sp³-hybridized carbons (Fsp3) is 0.0769. The molecule has 6 heteroatoms. The van der Waals surface area contributed by atoms with Gasteiger partial charge in [0.1, 0.15) is 16.8 Å². The van der Waals surface area contributed by atoms with Gasteiger partial charge in [-0.1, -0.05) is 66.7 Å². The number of para-hydroxylation sites is 1. The van der Waals surface area contributed by atoms with E-state index in [2.05, 4.69) is 4.99 Å². The molecule has 0 unspecified atom stereocenters. The quantitative estimate of drug-likeness (QED) is 0.193. The van der Waals surface area contributed by atoms with Crippen molar-refractivity contribution in [3.8, 4) is 22.5 Å². The average molecular weight is 423 g/mol. The number of aromatic nitrogens is 2. The summed E-state index contributed by atoms with van der Waals surface area (Å²) in [6, 6.07) is 25.2. The molecular weight excluding hydrogens is 402 g/mol. The summed E-state index contributed by atoms with van der Waals surface area (Å²) in [7, 11) is 1.25. The van der Waals surface area contributed by atoms with Gasteiger partial charge < -0.3 is 9.84 Å². The van der Waals surface area contributed by atoms with Gasteiger partial charge in [-0.3, -0.25) is 4.99 Å². The van der Waals surface area contributed by atoms with Crippen LogP contribution in [0.4, 0.5) is 5.69 Å². The van der Waals surface area contributed by atoms with Crippen molar-refractivity contribution in [1.29, 1.82) is 0 Å². The van der Waals surface area contributed by atoms with Gasteiger partial charge in [0.05, 0.1) is 29.7 Å². The average Bonchev–Trinajstić information content (AvgIpc) is 2.84. The van der Waals surface area contributed by atoms with Crippen LogP contribution >= 0.6 is 0 Å². The summed E-state index contributed by atoms with van der Waals surface area (Å²) < 4.78 is 4.72. The van der Waals surface area contributed by atoms with E-state index >= 15 is 0 Å². The fourth-order valence-corrected chi connectivity index (χ4v) is 3.30. The maximum atomic E-state index is 11.9. The van der Waals surface area contributed by atoms with E-state index in [0.29, 0.717) is 16.7 Å². The van der Waals surface area contributed by atoms with E-state index < -0.39 is 5.97 Å². The van der Waals surface area contributed by atoms with Gasteiger partial charge in [-0.05, 0) is 19.1 Å². The molecule has 0 amide bonds. The number of aliphatic hydroxyl groups is 1. The predicted molar refractivity (Wildman–Crippen MR) is 126 cm³/mol. The molecule has 158 valence electrons. The van der Waals surface area contributed by atoms with Crippen LogP contribution in [0, 0.1) is 0 Å². The molecule has 0 bridgehead atoms. The molecule has 0 fully saturated rings. The van der Waals surface area contributed by atoms with Gasteiger partial charge in [0, 0.05) is 17.3 Å². The predicted octanol–water partition coefficient (Wildman–Crippen LogP) is 5.67. The highest BCUT2D eigenvalue weighted by molar-refractivity contribution is 6.11. The Morgan fingerprint density at radius 2 is 1.47 bits per heavy atom. The Hall–Kier alpha value is -4.32. The number of rotatable bonds is 5. The molecule has 0 aliphatic heterocycles. The van der Waals surface area contributed by atoms with E-state index in [1.165, 1.54) is 20.2 Å². The molecule has 1 N–H and O–H groups in total. The zero-order valence-corrected chi connectivity index (χ0v) is 17.7. The summed E-state index contributed by atoms with van der Waals surface area (Å²) in [6.45, 7) is 1.40. The Morgan fingerprint density at radius 1 is 0.875 bits per heavy atom. The third-order valence-corrected chi connectivity index (χ3v) is 4.90. The minimum atomic E-state index is -0.670. The third-order valence-electron chi connectivity index (χ3n) is 4.90. The number of nitrogens with zero attached hydrogens (tertiary/aromatic N) is 3. The first-order valence-corrected chi connectivity index (χ1v) is 10.0. The maximum Gasteiger partial charge on any atom is 0.342 e. The SMILES string of the molecule is COC(=O)/C(C=Nc1cccc2nc(-c3ccccc3)c(-c3ccccc3)nc12)=C(/C)O. The molecule has 0 atom stereocenters. The molecule has 0 radical (unpaired) electrons. The van der Waals surface area contributed by atoms with Crippen LogP contribution in [0.5, 0.6) is 0 Å². The monoisotopic (exact) mass is 423 g/mol. The molecule has 0 spiro atoms. The second-order valence-electron chi connectivity index (χ2n) is 7.05. The summed E-state index contributed by atoms with van der Waals surface area (Å²) >= 11 is 0. The molecule has 6 nitrogen and oxygen atoms in total. The second kappa shape index (κ2) is 9.22.